The third-order valence-electron chi connectivity index (χ3n) is 2.04. The molecule has 1 aromatic heterocycles. The summed E-state index contributed by atoms with van der Waals surface area (Å²) in [6, 6.07) is 8.00. The highest BCUT2D eigenvalue weighted by Gasteiger charge is 2.08. The molecule has 7 heteroatoms. The molecule has 1 aromatic carbocycles. The minimum absolute atomic E-state index is 0.0641. The lowest BCUT2D eigenvalue weighted by molar-refractivity contribution is -0.384. The maximum atomic E-state index is 10.5. The summed E-state index contributed by atoms with van der Waals surface area (Å²) in [7, 11) is 0. The first-order valence-electron chi connectivity index (χ1n) is 4.79. The second kappa shape index (κ2) is 5.69. The Bertz CT molecular complexity index is 592. The van der Waals surface area contributed by atoms with Crippen molar-refractivity contribution in [3.8, 4) is 0 Å². The van der Waals surface area contributed by atoms with Gasteiger partial charge in [-0.25, -0.2) is 4.98 Å². The topological polar surface area (TPSA) is 56.0 Å². The molecule has 0 bridgehead atoms. The van der Waals surface area contributed by atoms with Crippen LogP contribution in [0.15, 0.2) is 50.9 Å². The molecule has 0 spiro atoms. The average Bonchev–Trinajstić information content (AvgIpc) is 2.33. The molecule has 0 aliphatic rings. The Morgan fingerprint density at radius 1 is 1.33 bits per heavy atom. The maximum absolute atomic E-state index is 10.5. The largest absolute Gasteiger partial charge is 0.269 e. The van der Waals surface area contributed by atoms with Gasteiger partial charge in [0.2, 0.25) is 0 Å². The first-order chi connectivity index (χ1) is 8.56. The standard InChI is InChI=1S/C11H6BrClN2O2S/c12-7-5-10(13)11(14-6-7)18-9-3-1-8(2-4-9)15(16)17/h1-6H. The number of rotatable bonds is 3. The first kappa shape index (κ1) is 13.3. The number of nitrogens with zero attached hydrogens (tertiary/aromatic N) is 2. The van der Waals surface area contributed by atoms with Gasteiger partial charge < -0.3 is 0 Å². The molecule has 2 rings (SSSR count). The van der Waals surface area contributed by atoms with E-state index < -0.39 is 4.92 Å². The van der Waals surface area contributed by atoms with Crippen molar-refractivity contribution in [2.75, 3.05) is 0 Å². The summed E-state index contributed by atoms with van der Waals surface area (Å²) in [6.07, 6.45) is 1.65. The summed E-state index contributed by atoms with van der Waals surface area (Å²) in [6.45, 7) is 0. The van der Waals surface area contributed by atoms with E-state index in [4.69, 9.17) is 11.6 Å². The van der Waals surface area contributed by atoms with E-state index >= 15 is 0 Å². The predicted molar refractivity (Wildman–Crippen MR) is 74.2 cm³/mol. The second-order valence-electron chi connectivity index (χ2n) is 3.29. The fraction of sp³-hybridized carbons (Fsp3) is 0. The Balaban J connectivity index is 2.21. The molecule has 0 fully saturated rings. The summed E-state index contributed by atoms with van der Waals surface area (Å²) >= 11 is 10.7. The zero-order valence-electron chi connectivity index (χ0n) is 8.84. The molecule has 2 aromatic rings. The lowest BCUT2D eigenvalue weighted by Crippen LogP contribution is -1.87. The van der Waals surface area contributed by atoms with Gasteiger partial charge in [-0.2, -0.15) is 0 Å². The zero-order valence-corrected chi connectivity index (χ0v) is 12.0. The number of pyridine rings is 1. The van der Waals surface area contributed by atoms with Gasteiger partial charge in [0, 0.05) is 27.7 Å². The van der Waals surface area contributed by atoms with Gasteiger partial charge in [0.05, 0.1) is 9.95 Å². The van der Waals surface area contributed by atoms with E-state index in [-0.39, 0.29) is 5.69 Å². The summed E-state index contributed by atoms with van der Waals surface area (Å²) in [5.41, 5.74) is 0.0641. The maximum Gasteiger partial charge on any atom is 0.269 e. The van der Waals surface area contributed by atoms with Gasteiger partial charge in [-0.3, -0.25) is 10.1 Å². The number of hydrogen-bond acceptors (Lipinski definition) is 4. The molecule has 0 saturated heterocycles. The van der Waals surface area contributed by atoms with Crippen LogP contribution in [-0.4, -0.2) is 9.91 Å². The van der Waals surface area contributed by atoms with E-state index in [1.807, 2.05) is 0 Å². The minimum atomic E-state index is -0.431. The molecule has 0 atom stereocenters. The van der Waals surface area contributed by atoms with E-state index in [2.05, 4.69) is 20.9 Å². The third-order valence-corrected chi connectivity index (χ3v) is 3.90. The van der Waals surface area contributed by atoms with Crippen molar-refractivity contribution in [2.24, 2.45) is 0 Å². The quantitative estimate of drug-likeness (QED) is 0.604. The average molecular weight is 346 g/mol. The zero-order chi connectivity index (χ0) is 13.1. The van der Waals surface area contributed by atoms with E-state index in [1.54, 1.807) is 24.4 Å². The Kier molecular flexibility index (Phi) is 4.21. The highest BCUT2D eigenvalue weighted by atomic mass is 79.9. The normalized spacial score (nSPS) is 10.3. The fourth-order valence-corrected chi connectivity index (χ4v) is 2.73. The third kappa shape index (κ3) is 3.22. The molecule has 0 N–H and O–H groups in total. The smallest absolute Gasteiger partial charge is 0.258 e. The van der Waals surface area contributed by atoms with Crippen LogP contribution < -0.4 is 0 Å². The van der Waals surface area contributed by atoms with E-state index in [9.17, 15) is 10.1 Å². The van der Waals surface area contributed by atoms with Crippen LogP contribution in [0, 0.1) is 10.1 Å². The molecule has 92 valence electrons. The van der Waals surface area contributed by atoms with E-state index in [0.717, 1.165) is 9.37 Å². The molecule has 4 nitrogen and oxygen atoms in total. The first-order valence-corrected chi connectivity index (χ1v) is 6.78. The SMILES string of the molecule is O=[N+]([O-])c1ccc(Sc2ncc(Br)cc2Cl)cc1. The Hall–Kier alpha value is -1.11. The van der Waals surface area contributed by atoms with Crippen LogP contribution in [0.25, 0.3) is 0 Å². The number of nitro groups is 1. The number of non-ortho nitro benzene ring substituents is 1. The van der Waals surface area contributed by atoms with Crippen molar-refractivity contribution in [3.63, 3.8) is 0 Å². The molecular weight excluding hydrogens is 340 g/mol. The Morgan fingerprint density at radius 2 is 2.00 bits per heavy atom. The van der Waals surface area contributed by atoms with Crippen LogP contribution in [0.4, 0.5) is 5.69 Å². The van der Waals surface area contributed by atoms with E-state index in [1.165, 1.54) is 23.9 Å². The van der Waals surface area contributed by atoms with Crippen molar-refractivity contribution in [1.82, 2.24) is 4.98 Å². The van der Waals surface area contributed by atoms with Gasteiger partial charge in [0.25, 0.3) is 5.69 Å². The Labute approximate surface area is 121 Å². The van der Waals surface area contributed by atoms with Crippen molar-refractivity contribution in [2.45, 2.75) is 9.92 Å². The van der Waals surface area contributed by atoms with Gasteiger partial charge in [0.15, 0.2) is 0 Å². The molecule has 0 amide bonds. The van der Waals surface area contributed by atoms with Crippen LogP contribution >= 0.6 is 39.3 Å². The van der Waals surface area contributed by atoms with Crippen LogP contribution in [0.2, 0.25) is 5.02 Å². The molecular formula is C11H6BrClN2O2S. The number of halogens is 2. The van der Waals surface area contributed by atoms with Crippen LogP contribution in [0.1, 0.15) is 0 Å². The monoisotopic (exact) mass is 344 g/mol. The van der Waals surface area contributed by atoms with Gasteiger partial charge >= 0.3 is 0 Å². The summed E-state index contributed by atoms with van der Waals surface area (Å²) < 4.78 is 0.806. The van der Waals surface area contributed by atoms with E-state index in [0.29, 0.717) is 10.0 Å². The highest BCUT2D eigenvalue weighted by molar-refractivity contribution is 9.10. The van der Waals surface area contributed by atoms with Crippen molar-refractivity contribution in [3.05, 3.63) is 56.1 Å². The van der Waals surface area contributed by atoms with Gasteiger partial charge in [-0.1, -0.05) is 23.4 Å². The van der Waals surface area contributed by atoms with Gasteiger partial charge in [0.1, 0.15) is 5.03 Å². The predicted octanol–water partition coefficient (Wildman–Crippen LogP) is 4.56. The fourth-order valence-electron chi connectivity index (χ4n) is 1.22. The van der Waals surface area contributed by atoms with Crippen molar-refractivity contribution >= 4 is 45.0 Å². The molecule has 0 aliphatic heterocycles. The van der Waals surface area contributed by atoms with Crippen LogP contribution in [-0.2, 0) is 0 Å². The minimum Gasteiger partial charge on any atom is -0.258 e. The van der Waals surface area contributed by atoms with Crippen LogP contribution in [0.5, 0.6) is 0 Å². The molecule has 0 radical (unpaired) electrons. The highest BCUT2D eigenvalue weighted by Crippen LogP contribution is 2.33. The number of aromatic nitrogens is 1. The second-order valence-corrected chi connectivity index (χ2v) is 5.68. The van der Waals surface area contributed by atoms with Crippen LogP contribution in [0.3, 0.4) is 0 Å². The lowest BCUT2D eigenvalue weighted by Gasteiger charge is -2.03. The Morgan fingerprint density at radius 3 is 2.56 bits per heavy atom. The molecule has 1 heterocycles. The summed E-state index contributed by atoms with van der Waals surface area (Å²) in [5, 5.41) is 11.7. The summed E-state index contributed by atoms with van der Waals surface area (Å²) in [4.78, 5) is 15.1. The number of nitro benzene ring substituents is 1. The summed E-state index contributed by atoms with van der Waals surface area (Å²) in [5.74, 6) is 0. The lowest BCUT2D eigenvalue weighted by atomic mass is 10.3. The van der Waals surface area contributed by atoms with Gasteiger partial charge in [-0.15, -0.1) is 0 Å². The van der Waals surface area contributed by atoms with Crippen molar-refractivity contribution in [1.29, 1.82) is 0 Å². The molecule has 0 saturated carbocycles. The number of benzene rings is 1. The molecule has 0 aliphatic carbocycles. The van der Waals surface area contributed by atoms with Gasteiger partial charge in [-0.05, 0) is 34.1 Å². The number of hydrogen-bond donors (Lipinski definition) is 0. The molecule has 18 heavy (non-hydrogen) atoms. The van der Waals surface area contributed by atoms with Crippen molar-refractivity contribution < 1.29 is 4.92 Å². The molecule has 0 unspecified atom stereocenters.